The van der Waals surface area contributed by atoms with Gasteiger partial charge in [-0.25, -0.2) is 0 Å². The summed E-state index contributed by atoms with van der Waals surface area (Å²) in [6, 6.07) is 0.378. The summed E-state index contributed by atoms with van der Waals surface area (Å²) in [7, 11) is 0. The molecule has 0 amide bonds. The van der Waals surface area contributed by atoms with Gasteiger partial charge in [-0.05, 0) is 6.07 Å². The molecule has 1 aromatic heterocycles. The van der Waals surface area contributed by atoms with Gasteiger partial charge in [-0.2, -0.15) is 13.2 Å². The minimum absolute atomic E-state index is 0.278. The summed E-state index contributed by atoms with van der Waals surface area (Å²) in [6.07, 6.45) is -4.45. The average molecular weight is 282 g/mol. The van der Waals surface area contributed by atoms with Gasteiger partial charge in [-0.3, -0.25) is 4.98 Å². The highest BCUT2D eigenvalue weighted by atomic mass is 35.5. The molecule has 0 bridgehead atoms. The molecule has 0 aliphatic heterocycles. The standard InChI is InChI=1S/C9H5ClF3NO4/c10-4-1-3(9(11,12)13)2-14-6(4)5(7(15)16)8(17)18/h1-2,5H,(H,15,16)(H,17,18)/p-2. The Hall–Kier alpha value is -1.83. The fourth-order valence-corrected chi connectivity index (χ4v) is 1.41. The second-order valence-corrected chi connectivity index (χ2v) is 3.57. The van der Waals surface area contributed by atoms with Gasteiger partial charge in [-0.1, -0.05) is 11.6 Å². The number of halogens is 4. The van der Waals surface area contributed by atoms with E-state index in [1.54, 1.807) is 0 Å². The first-order chi connectivity index (χ1) is 8.14. The minimum atomic E-state index is -4.73. The number of carbonyl (C=O) groups excluding carboxylic acids is 2. The lowest BCUT2D eigenvalue weighted by Gasteiger charge is -2.20. The van der Waals surface area contributed by atoms with Crippen molar-refractivity contribution in [2.45, 2.75) is 12.1 Å². The number of carbonyl (C=O) groups is 2. The molecular formula is C9H3ClF3NO4-2. The van der Waals surface area contributed by atoms with Gasteiger partial charge < -0.3 is 19.8 Å². The fraction of sp³-hybridized carbons (Fsp3) is 0.222. The van der Waals surface area contributed by atoms with E-state index in [9.17, 15) is 33.0 Å². The van der Waals surface area contributed by atoms with Crippen molar-refractivity contribution in [1.82, 2.24) is 4.98 Å². The lowest BCUT2D eigenvalue weighted by molar-refractivity contribution is -0.326. The molecule has 0 N–H and O–H groups in total. The highest BCUT2D eigenvalue weighted by molar-refractivity contribution is 6.31. The Morgan fingerprint density at radius 1 is 1.28 bits per heavy atom. The summed E-state index contributed by atoms with van der Waals surface area (Å²) >= 11 is 5.37. The monoisotopic (exact) mass is 281 g/mol. The van der Waals surface area contributed by atoms with E-state index in [0.29, 0.717) is 6.07 Å². The van der Waals surface area contributed by atoms with Gasteiger partial charge in [0.1, 0.15) is 0 Å². The summed E-state index contributed by atoms with van der Waals surface area (Å²) in [5, 5.41) is 20.3. The molecule has 0 aliphatic rings. The number of rotatable bonds is 3. The van der Waals surface area contributed by atoms with Crippen molar-refractivity contribution in [3.05, 3.63) is 28.5 Å². The van der Waals surface area contributed by atoms with Crippen molar-refractivity contribution >= 4 is 23.5 Å². The molecule has 0 fully saturated rings. The van der Waals surface area contributed by atoms with E-state index in [2.05, 4.69) is 4.98 Å². The predicted molar refractivity (Wildman–Crippen MR) is 47.0 cm³/mol. The topological polar surface area (TPSA) is 93.1 Å². The third kappa shape index (κ3) is 2.89. The van der Waals surface area contributed by atoms with E-state index < -0.39 is 40.3 Å². The Labute approximate surface area is 103 Å². The third-order valence-electron chi connectivity index (χ3n) is 1.94. The van der Waals surface area contributed by atoms with Crippen LogP contribution in [0.3, 0.4) is 0 Å². The highest BCUT2D eigenvalue weighted by Gasteiger charge is 2.32. The largest absolute Gasteiger partial charge is 0.549 e. The second kappa shape index (κ2) is 4.81. The Kier molecular flexibility index (Phi) is 3.80. The number of aliphatic carboxylic acids is 2. The number of hydrogen-bond acceptors (Lipinski definition) is 5. The molecule has 0 radical (unpaired) electrons. The Balaban J connectivity index is 3.28. The van der Waals surface area contributed by atoms with Gasteiger partial charge in [0.25, 0.3) is 0 Å². The summed E-state index contributed by atoms with van der Waals surface area (Å²) in [5.74, 6) is -6.49. The van der Waals surface area contributed by atoms with Crippen LogP contribution in [0.1, 0.15) is 17.2 Å². The molecule has 0 aromatic carbocycles. The maximum Gasteiger partial charge on any atom is 0.417 e. The van der Waals surface area contributed by atoms with Crippen LogP contribution < -0.4 is 10.2 Å². The van der Waals surface area contributed by atoms with Crippen LogP contribution in [0, 0.1) is 0 Å². The van der Waals surface area contributed by atoms with E-state index in [0.717, 1.165) is 0 Å². The van der Waals surface area contributed by atoms with E-state index in [1.165, 1.54) is 0 Å². The molecule has 0 aliphatic carbocycles. The van der Waals surface area contributed by atoms with Gasteiger partial charge in [0.15, 0.2) is 0 Å². The first-order valence-corrected chi connectivity index (χ1v) is 4.66. The van der Waals surface area contributed by atoms with Crippen LogP contribution in [-0.4, -0.2) is 16.9 Å². The maximum atomic E-state index is 12.3. The number of alkyl halides is 3. The van der Waals surface area contributed by atoms with Crippen molar-refractivity contribution in [2.24, 2.45) is 0 Å². The van der Waals surface area contributed by atoms with Gasteiger partial charge in [0.2, 0.25) is 0 Å². The van der Waals surface area contributed by atoms with Crippen LogP contribution in [0.15, 0.2) is 12.3 Å². The van der Waals surface area contributed by atoms with Crippen molar-refractivity contribution in [2.75, 3.05) is 0 Å². The Morgan fingerprint density at radius 3 is 2.11 bits per heavy atom. The smallest absolute Gasteiger partial charge is 0.417 e. The van der Waals surface area contributed by atoms with Crippen LogP contribution in [0.2, 0.25) is 5.02 Å². The first-order valence-electron chi connectivity index (χ1n) is 4.29. The number of carboxylic acids is 2. The molecule has 1 rings (SSSR count). The molecule has 1 heterocycles. The fourth-order valence-electron chi connectivity index (χ4n) is 1.14. The molecule has 0 saturated heterocycles. The molecular weight excluding hydrogens is 279 g/mol. The Bertz CT molecular complexity index is 489. The van der Waals surface area contributed by atoms with E-state index in [4.69, 9.17) is 11.6 Å². The molecule has 5 nitrogen and oxygen atoms in total. The van der Waals surface area contributed by atoms with Gasteiger partial charge in [0.05, 0.1) is 34.1 Å². The van der Waals surface area contributed by atoms with Crippen LogP contribution in [0.25, 0.3) is 0 Å². The zero-order valence-corrected chi connectivity index (χ0v) is 9.08. The quantitative estimate of drug-likeness (QED) is 0.686. The molecule has 0 atom stereocenters. The third-order valence-corrected chi connectivity index (χ3v) is 2.24. The predicted octanol–water partition coefficient (Wildman–Crippen LogP) is -0.663. The zero-order chi connectivity index (χ0) is 14.1. The maximum absolute atomic E-state index is 12.3. The lowest BCUT2D eigenvalue weighted by Crippen LogP contribution is -2.42. The van der Waals surface area contributed by atoms with Crippen LogP contribution in [0.5, 0.6) is 0 Å². The number of hydrogen-bond donors (Lipinski definition) is 0. The number of carboxylic acid groups (broad SMARTS) is 2. The molecule has 98 valence electrons. The number of nitrogens with zero attached hydrogens (tertiary/aromatic N) is 1. The molecule has 0 spiro atoms. The van der Waals surface area contributed by atoms with Crippen LogP contribution >= 0.6 is 11.6 Å². The molecule has 18 heavy (non-hydrogen) atoms. The minimum Gasteiger partial charge on any atom is -0.549 e. The SMILES string of the molecule is O=C([O-])C(C(=O)[O-])c1ncc(C(F)(F)F)cc1Cl. The van der Waals surface area contributed by atoms with E-state index in [-0.39, 0.29) is 6.20 Å². The van der Waals surface area contributed by atoms with Crippen LogP contribution in [0.4, 0.5) is 13.2 Å². The van der Waals surface area contributed by atoms with Gasteiger partial charge in [-0.15, -0.1) is 0 Å². The van der Waals surface area contributed by atoms with E-state index >= 15 is 0 Å². The van der Waals surface area contributed by atoms with Crippen LogP contribution in [-0.2, 0) is 15.8 Å². The highest BCUT2D eigenvalue weighted by Crippen LogP contribution is 2.32. The second-order valence-electron chi connectivity index (χ2n) is 3.16. The van der Waals surface area contributed by atoms with Gasteiger partial charge >= 0.3 is 6.18 Å². The molecule has 9 heteroatoms. The average Bonchev–Trinajstić information content (AvgIpc) is 2.18. The van der Waals surface area contributed by atoms with Crippen molar-refractivity contribution in [3.63, 3.8) is 0 Å². The normalized spacial score (nSPS) is 11.6. The lowest BCUT2D eigenvalue weighted by atomic mass is 10.0. The molecule has 1 aromatic rings. The summed E-state index contributed by atoms with van der Waals surface area (Å²) in [5.41, 5.74) is -2.00. The molecule has 0 unspecified atom stereocenters. The zero-order valence-electron chi connectivity index (χ0n) is 8.32. The Morgan fingerprint density at radius 2 is 1.78 bits per heavy atom. The van der Waals surface area contributed by atoms with Crippen molar-refractivity contribution < 1.29 is 33.0 Å². The number of pyridine rings is 1. The summed E-state index contributed by atoms with van der Waals surface area (Å²) < 4.78 is 36.8. The summed E-state index contributed by atoms with van der Waals surface area (Å²) in [6.45, 7) is 0. The van der Waals surface area contributed by atoms with E-state index in [1.807, 2.05) is 0 Å². The van der Waals surface area contributed by atoms with Gasteiger partial charge in [0, 0.05) is 6.20 Å². The van der Waals surface area contributed by atoms with Crippen molar-refractivity contribution in [3.8, 4) is 0 Å². The van der Waals surface area contributed by atoms with Crippen molar-refractivity contribution in [1.29, 1.82) is 0 Å². The first kappa shape index (κ1) is 14.2. The molecule has 0 saturated carbocycles. The number of aromatic nitrogens is 1. The summed E-state index contributed by atoms with van der Waals surface area (Å²) in [4.78, 5) is 24.1.